The van der Waals surface area contributed by atoms with Gasteiger partial charge in [-0.3, -0.25) is 0 Å². The van der Waals surface area contributed by atoms with Crippen LogP contribution in [0, 0.1) is 17.3 Å². The summed E-state index contributed by atoms with van der Waals surface area (Å²) >= 11 is 0. The lowest BCUT2D eigenvalue weighted by Crippen LogP contribution is -2.53. The molecular formula is C34H41F3N4O4S. The van der Waals surface area contributed by atoms with E-state index in [4.69, 9.17) is 9.47 Å². The van der Waals surface area contributed by atoms with Crippen LogP contribution in [0.15, 0.2) is 47.4 Å². The van der Waals surface area contributed by atoms with Crippen molar-refractivity contribution in [3.05, 3.63) is 48.2 Å². The van der Waals surface area contributed by atoms with Gasteiger partial charge in [-0.05, 0) is 87.9 Å². The van der Waals surface area contributed by atoms with Crippen LogP contribution < -0.4 is 15.4 Å². The molecule has 0 amide bonds. The van der Waals surface area contributed by atoms with E-state index in [0.717, 1.165) is 63.9 Å². The highest BCUT2D eigenvalue weighted by Gasteiger charge is 2.42. The fraction of sp³-hybridized carbons (Fsp3) is 0.529. The first-order valence-corrected chi connectivity index (χ1v) is 17.7. The van der Waals surface area contributed by atoms with E-state index in [1.807, 2.05) is 6.07 Å². The molecule has 2 N–H and O–H groups in total. The van der Waals surface area contributed by atoms with E-state index in [9.17, 15) is 21.6 Å². The number of fused-ring (bicyclic) bond motifs is 1. The Morgan fingerprint density at radius 2 is 1.78 bits per heavy atom. The minimum Gasteiger partial charge on any atom is -0.495 e. The van der Waals surface area contributed by atoms with Crippen molar-refractivity contribution in [1.82, 2.24) is 9.47 Å². The van der Waals surface area contributed by atoms with E-state index in [0.29, 0.717) is 33.8 Å². The van der Waals surface area contributed by atoms with Crippen molar-refractivity contribution >= 4 is 32.1 Å². The lowest BCUT2D eigenvalue weighted by molar-refractivity contribution is -0.143. The number of nitrogens with one attached hydrogen (secondary N) is 2. The largest absolute Gasteiger partial charge is 0.495 e. The monoisotopic (exact) mass is 658 g/mol. The molecule has 3 heterocycles. The number of methoxy groups -OCH3 is 1. The van der Waals surface area contributed by atoms with Gasteiger partial charge in [0.15, 0.2) is 9.84 Å². The SMILES string of the molecule is COc1cc(S(C)(=O)=O)ccc1NCC#Cc1cc2c(N[C@H]3CC[C@@H](N4CCC5(CC4)COC5)CC3)cccc2n1CC(F)(F)F. The predicted octanol–water partition coefficient (Wildman–Crippen LogP) is 5.91. The van der Waals surface area contributed by atoms with Crippen LogP contribution in [0.4, 0.5) is 24.5 Å². The van der Waals surface area contributed by atoms with Crippen molar-refractivity contribution in [3.8, 4) is 17.6 Å². The van der Waals surface area contributed by atoms with Crippen LogP contribution in [-0.2, 0) is 21.1 Å². The summed E-state index contributed by atoms with van der Waals surface area (Å²) in [7, 11) is -1.98. The number of halogens is 3. The van der Waals surface area contributed by atoms with Gasteiger partial charge in [0.25, 0.3) is 0 Å². The first-order chi connectivity index (χ1) is 21.9. The quantitative estimate of drug-likeness (QED) is 0.291. The molecule has 2 aromatic carbocycles. The number of sulfone groups is 1. The molecule has 248 valence electrons. The number of benzene rings is 2. The number of hydrogen-bond donors (Lipinski definition) is 2. The van der Waals surface area contributed by atoms with Gasteiger partial charge in [0, 0.05) is 40.9 Å². The summed E-state index contributed by atoms with van der Waals surface area (Å²) in [6, 6.07) is 12.5. The Kier molecular flexibility index (Phi) is 9.20. The standard InChI is InChI=1S/C34H41F3N4O4S/c1-44-32-20-27(46(2,42)43)12-13-30(32)38-16-4-5-26-19-28-29(6-3-7-31(28)41(26)21-34(35,36)37)39-24-8-10-25(11-9-24)40-17-14-33(15-18-40)22-45-23-33/h3,6-7,12-13,19-20,24-25,38-39H,8-11,14-18,21-23H2,1-2H3/t24-,25+. The number of aromatic nitrogens is 1. The van der Waals surface area contributed by atoms with E-state index in [1.54, 1.807) is 24.3 Å². The van der Waals surface area contributed by atoms with Crippen molar-refractivity contribution < 1.29 is 31.1 Å². The van der Waals surface area contributed by atoms with Gasteiger partial charge >= 0.3 is 6.18 Å². The molecule has 1 saturated carbocycles. The van der Waals surface area contributed by atoms with Crippen molar-refractivity contribution in [2.24, 2.45) is 5.41 Å². The summed E-state index contributed by atoms with van der Waals surface area (Å²) in [5, 5.41) is 7.44. The van der Waals surface area contributed by atoms with E-state index >= 15 is 0 Å². The van der Waals surface area contributed by atoms with Crippen LogP contribution in [0.3, 0.4) is 0 Å². The van der Waals surface area contributed by atoms with E-state index in [2.05, 4.69) is 27.4 Å². The second kappa shape index (κ2) is 13.0. The van der Waals surface area contributed by atoms with Crippen LogP contribution in [0.1, 0.15) is 44.2 Å². The molecule has 3 aliphatic rings. The van der Waals surface area contributed by atoms with Gasteiger partial charge in [-0.1, -0.05) is 12.0 Å². The van der Waals surface area contributed by atoms with Gasteiger partial charge in [0.2, 0.25) is 0 Å². The molecule has 0 atom stereocenters. The number of anilines is 2. The summed E-state index contributed by atoms with van der Waals surface area (Å²) in [5.74, 6) is 6.18. The third kappa shape index (κ3) is 7.27. The number of piperidine rings is 1. The van der Waals surface area contributed by atoms with Gasteiger partial charge in [-0.15, -0.1) is 0 Å². The van der Waals surface area contributed by atoms with Crippen LogP contribution in [0.25, 0.3) is 10.9 Å². The molecule has 3 aromatic rings. The molecule has 8 nitrogen and oxygen atoms in total. The van der Waals surface area contributed by atoms with Gasteiger partial charge in [-0.25, -0.2) is 8.42 Å². The smallest absolute Gasteiger partial charge is 0.406 e. The highest BCUT2D eigenvalue weighted by molar-refractivity contribution is 7.90. The molecule has 46 heavy (non-hydrogen) atoms. The van der Waals surface area contributed by atoms with E-state index < -0.39 is 22.6 Å². The third-order valence-electron chi connectivity index (χ3n) is 9.72. The molecule has 1 spiro atoms. The third-order valence-corrected chi connectivity index (χ3v) is 10.8. The zero-order chi connectivity index (χ0) is 32.5. The fourth-order valence-electron chi connectivity index (χ4n) is 7.03. The van der Waals surface area contributed by atoms with Crippen LogP contribution >= 0.6 is 0 Å². The molecule has 2 aliphatic heterocycles. The normalized spacial score (nSPS) is 21.8. The Morgan fingerprint density at radius 1 is 1.04 bits per heavy atom. The maximum absolute atomic E-state index is 13.7. The lowest BCUT2D eigenvalue weighted by atomic mass is 9.76. The van der Waals surface area contributed by atoms with Gasteiger partial charge in [0.1, 0.15) is 12.3 Å². The Balaban J connectivity index is 1.14. The number of likely N-dealkylation sites (tertiary alicyclic amines) is 1. The molecule has 0 radical (unpaired) electrons. The summed E-state index contributed by atoms with van der Waals surface area (Å²) < 4.78 is 76.9. The van der Waals surface area contributed by atoms with Gasteiger partial charge in [0.05, 0.1) is 48.7 Å². The average molecular weight is 659 g/mol. The maximum Gasteiger partial charge on any atom is 0.406 e. The topological polar surface area (TPSA) is 84.8 Å². The highest BCUT2D eigenvalue weighted by atomic mass is 32.2. The van der Waals surface area contributed by atoms with Crippen LogP contribution in [0.2, 0.25) is 0 Å². The van der Waals surface area contributed by atoms with Crippen molar-refractivity contribution in [1.29, 1.82) is 0 Å². The fourth-order valence-corrected chi connectivity index (χ4v) is 7.67. The van der Waals surface area contributed by atoms with Crippen LogP contribution in [-0.4, -0.2) is 82.4 Å². The molecule has 1 aliphatic carbocycles. The number of rotatable bonds is 8. The molecular weight excluding hydrogens is 617 g/mol. The first kappa shape index (κ1) is 32.5. The van der Waals surface area contributed by atoms with E-state index in [1.165, 1.54) is 36.7 Å². The minimum absolute atomic E-state index is 0.113. The van der Waals surface area contributed by atoms with Gasteiger partial charge in [-0.2, -0.15) is 13.2 Å². The minimum atomic E-state index is -4.42. The number of alkyl halides is 3. The summed E-state index contributed by atoms with van der Waals surface area (Å²) in [6.45, 7) is 3.07. The van der Waals surface area contributed by atoms with Gasteiger partial charge < -0.3 is 29.6 Å². The Labute approximate surface area is 268 Å². The maximum atomic E-state index is 13.7. The van der Waals surface area contributed by atoms with Crippen molar-refractivity contribution in [3.63, 3.8) is 0 Å². The summed E-state index contributed by atoms with van der Waals surface area (Å²) in [4.78, 5) is 2.77. The predicted molar refractivity (Wildman–Crippen MR) is 173 cm³/mol. The second-order valence-electron chi connectivity index (χ2n) is 12.9. The molecule has 6 rings (SSSR count). The average Bonchev–Trinajstić information content (AvgIpc) is 3.35. The zero-order valence-electron chi connectivity index (χ0n) is 26.3. The van der Waals surface area contributed by atoms with Crippen molar-refractivity contribution in [2.75, 3.05) is 56.8 Å². The molecule has 12 heteroatoms. The Hall–Kier alpha value is -3.40. The molecule has 1 aromatic heterocycles. The lowest BCUT2D eigenvalue weighted by Gasteiger charge is -2.49. The zero-order valence-corrected chi connectivity index (χ0v) is 27.1. The first-order valence-electron chi connectivity index (χ1n) is 15.8. The molecule has 2 saturated heterocycles. The molecule has 3 fully saturated rings. The van der Waals surface area contributed by atoms with Crippen molar-refractivity contribution in [2.45, 2.75) is 68.2 Å². The molecule has 0 bridgehead atoms. The summed E-state index contributed by atoms with van der Waals surface area (Å²) in [5.41, 5.74) is 2.53. The number of ether oxygens (including phenoxy) is 2. The number of hydrogen-bond acceptors (Lipinski definition) is 7. The second-order valence-corrected chi connectivity index (χ2v) is 15.0. The van der Waals surface area contributed by atoms with E-state index in [-0.39, 0.29) is 23.2 Å². The number of nitrogens with zero attached hydrogens (tertiary/aromatic N) is 2. The Bertz CT molecular complexity index is 1720. The Morgan fingerprint density at radius 3 is 2.41 bits per heavy atom. The summed E-state index contributed by atoms with van der Waals surface area (Å²) in [6.07, 6.45) is 3.38. The highest BCUT2D eigenvalue weighted by Crippen LogP contribution is 2.40. The molecule has 0 unspecified atom stereocenters. The van der Waals surface area contributed by atoms with Crippen LogP contribution in [0.5, 0.6) is 5.75 Å².